The van der Waals surface area contributed by atoms with Crippen LogP contribution in [0.25, 0.3) is 0 Å². The van der Waals surface area contributed by atoms with Crippen molar-refractivity contribution < 1.29 is 17.9 Å². The summed E-state index contributed by atoms with van der Waals surface area (Å²) in [5, 5.41) is 6.26. The molecular formula is C17H27F3N4O. The third-order valence-corrected chi connectivity index (χ3v) is 3.40. The third-order valence-electron chi connectivity index (χ3n) is 3.40. The molecule has 0 saturated heterocycles. The van der Waals surface area contributed by atoms with Gasteiger partial charge >= 0.3 is 6.18 Å². The zero-order valence-corrected chi connectivity index (χ0v) is 15.0. The molecule has 1 aromatic carbocycles. The normalized spacial score (nSPS) is 12.4. The van der Waals surface area contributed by atoms with Crippen LogP contribution in [0.3, 0.4) is 0 Å². The zero-order chi connectivity index (χ0) is 18.7. The topological polar surface area (TPSA) is 48.9 Å². The van der Waals surface area contributed by atoms with Gasteiger partial charge in [0.1, 0.15) is 5.75 Å². The highest BCUT2D eigenvalue weighted by molar-refractivity contribution is 5.79. The summed E-state index contributed by atoms with van der Waals surface area (Å²) in [7, 11) is 3.08. The van der Waals surface area contributed by atoms with E-state index in [1.165, 1.54) is 11.9 Å². The summed E-state index contributed by atoms with van der Waals surface area (Å²) in [4.78, 5) is 5.75. The second kappa shape index (κ2) is 10.8. The molecule has 5 nitrogen and oxygen atoms in total. The van der Waals surface area contributed by atoms with Crippen LogP contribution >= 0.6 is 0 Å². The molecule has 0 radical (unpaired) electrons. The number of benzene rings is 1. The predicted octanol–water partition coefficient (Wildman–Crippen LogP) is 2.63. The van der Waals surface area contributed by atoms with Crippen LogP contribution in [0.2, 0.25) is 0 Å². The quantitative estimate of drug-likeness (QED) is 0.404. The Bertz CT molecular complexity index is 535. The first-order valence-corrected chi connectivity index (χ1v) is 8.25. The van der Waals surface area contributed by atoms with Crippen molar-refractivity contribution >= 4 is 5.96 Å². The Labute approximate surface area is 147 Å². The van der Waals surface area contributed by atoms with E-state index in [0.717, 1.165) is 11.3 Å². The van der Waals surface area contributed by atoms with Gasteiger partial charge in [0, 0.05) is 18.7 Å². The molecule has 8 heteroatoms. The van der Waals surface area contributed by atoms with Crippen molar-refractivity contribution in [3.63, 3.8) is 0 Å². The largest absolute Gasteiger partial charge is 0.496 e. The number of methoxy groups -OCH3 is 1. The molecule has 0 bridgehead atoms. The van der Waals surface area contributed by atoms with E-state index in [2.05, 4.69) is 15.6 Å². The standard InChI is InChI=1S/C17H27F3N4O/c1-4-21-16(22-10-7-11-24(2)13-17(18,19)20)23-12-14-8-5-6-9-15(14)25-3/h5-6,8-9H,4,7,10-13H2,1-3H3,(H2,21,22,23). The Morgan fingerprint density at radius 1 is 1.24 bits per heavy atom. The molecule has 0 amide bonds. The van der Waals surface area contributed by atoms with Crippen LogP contribution in [-0.4, -0.2) is 57.4 Å². The van der Waals surface area contributed by atoms with E-state index in [0.29, 0.717) is 38.6 Å². The van der Waals surface area contributed by atoms with Crippen molar-refractivity contribution in [2.45, 2.75) is 26.1 Å². The van der Waals surface area contributed by atoms with Gasteiger partial charge in [-0.25, -0.2) is 4.99 Å². The van der Waals surface area contributed by atoms with Crippen molar-refractivity contribution in [3.05, 3.63) is 29.8 Å². The monoisotopic (exact) mass is 360 g/mol. The van der Waals surface area contributed by atoms with Gasteiger partial charge in [-0.15, -0.1) is 0 Å². The minimum atomic E-state index is -4.16. The molecule has 0 fully saturated rings. The molecule has 0 unspecified atom stereocenters. The van der Waals surface area contributed by atoms with Gasteiger partial charge in [0.2, 0.25) is 0 Å². The SMILES string of the molecule is CCNC(=NCc1ccccc1OC)NCCCN(C)CC(F)(F)F. The highest BCUT2D eigenvalue weighted by Crippen LogP contribution is 2.18. The highest BCUT2D eigenvalue weighted by atomic mass is 19.4. The first kappa shape index (κ1) is 21.1. The van der Waals surface area contributed by atoms with Crippen LogP contribution in [0.5, 0.6) is 5.75 Å². The van der Waals surface area contributed by atoms with Crippen molar-refractivity contribution in [1.82, 2.24) is 15.5 Å². The summed E-state index contributed by atoms with van der Waals surface area (Å²) in [6.07, 6.45) is -3.57. The lowest BCUT2D eigenvalue weighted by atomic mass is 10.2. The maximum absolute atomic E-state index is 12.3. The summed E-state index contributed by atoms with van der Waals surface area (Å²) in [5.74, 6) is 1.41. The first-order chi connectivity index (χ1) is 11.9. The molecule has 0 atom stereocenters. The highest BCUT2D eigenvalue weighted by Gasteiger charge is 2.28. The molecule has 2 N–H and O–H groups in total. The molecule has 142 valence electrons. The Morgan fingerprint density at radius 3 is 2.60 bits per heavy atom. The number of aliphatic imine (C=N–C) groups is 1. The molecule has 25 heavy (non-hydrogen) atoms. The van der Waals surface area contributed by atoms with Crippen LogP contribution in [0.1, 0.15) is 18.9 Å². The van der Waals surface area contributed by atoms with Crippen LogP contribution < -0.4 is 15.4 Å². The lowest BCUT2D eigenvalue weighted by Crippen LogP contribution is -2.39. The van der Waals surface area contributed by atoms with Crippen LogP contribution in [0.15, 0.2) is 29.3 Å². The Kier molecular flexibility index (Phi) is 9.12. The van der Waals surface area contributed by atoms with Crippen molar-refractivity contribution in [3.8, 4) is 5.75 Å². The maximum Gasteiger partial charge on any atom is 0.401 e. The number of para-hydroxylation sites is 1. The number of nitrogens with zero attached hydrogens (tertiary/aromatic N) is 2. The summed E-state index contributed by atoms with van der Waals surface area (Å²) < 4.78 is 42.1. The molecule has 0 aliphatic rings. The lowest BCUT2D eigenvalue weighted by Gasteiger charge is -2.19. The maximum atomic E-state index is 12.3. The van der Waals surface area contributed by atoms with Gasteiger partial charge in [0.15, 0.2) is 5.96 Å². The Morgan fingerprint density at radius 2 is 1.96 bits per heavy atom. The second-order valence-corrected chi connectivity index (χ2v) is 5.64. The molecular weight excluding hydrogens is 333 g/mol. The molecule has 0 heterocycles. The summed E-state index contributed by atoms with van der Waals surface area (Å²) >= 11 is 0. The van der Waals surface area contributed by atoms with E-state index in [1.54, 1.807) is 7.11 Å². The number of nitrogens with one attached hydrogen (secondary N) is 2. The molecule has 0 aliphatic heterocycles. The Balaban J connectivity index is 2.46. The fourth-order valence-corrected chi connectivity index (χ4v) is 2.28. The fourth-order valence-electron chi connectivity index (χ4n) is 2.28. The van der Waals surface area contributed by atoms with E-state index in [4.69, 9.17) is 4.74 Å². The molecule has 1 rings (SSSR count). The summed E-state index contributed by atoms with van der Waals surface area (Å²) in [6, 6.07) is 7.64. The van der Waals surface area contributed by atoms with Gasteiger partial charge < -0.3 is 15.4 Å². The minimum Gasteiger partial charge on any atom is -0.496 e. The smallest absolute Gasteiger partial charge is 0.401 e. The van der Waals surface area contributed by atoms with Crippen molar-refractivity contribution in [2.75, 3.05) is 40.3 Å². The minimum absolute atomic E-state index is 0.360. The number of ether oxygens (including phenoxy) is 1. The van der Waals surface area contributed by atoms with Gasteiger partial charge in [0.05, 0.1) is 20.2 Å². The van der Waals surface area contributed by atoms with Gasteiger partial charge in [-0.3, -0.25) is 4.90 Å². The number of halogens is 3. The number of hydrogen-bond acceptors (Lipinski definition) is 3. The van der Waals surface area contributed by atoms with E-state index < -0.39 is 12.7 Å². The van der Waals surface area contributed by atoms with Gasteiger partial charge in [-0.1, -0.05) is 18.2 Å². The van der Waals surface area contributed by atoms with E-state index in [1.807, 2.05) is 31.2 Å². The fraction of sp³-hybridized carbons (Fsp3) is 0.588. The number of guanidine groups is 1. The second-order valence-electron chi connectivity index (χ2n) is 5.64. The van der Waals surface area contributed by atoms with Gasteiger partial charge in [-0.2, -0.15) is 13.2 Å². The van der Waals surface area contributed by atoms with Crippen molar-refractivity contribution in [1.29, 1.82) is 0 Å². The Hall–Kier alpha value is -1.96. The predicted molar refractivity (Wildman–Crippen MR) is 94.0 cm³/mol. The number of hydrogen-bond donors (Lipinski definition) is 2. The third kappa shape index (κ3) is 9.19. The summed E-state index contributed by atoms with van der Waals surface area (Å²) in [5.41, 5.74) is 0.965. The van der Waals surface area contributed by atoms with E-state index in [-0.39, 0.29) is 0 Å². The van der Waals surface area contributed by atoms with Crippen LogP contribution in [-0.2, 0) is 6.54 Å². The molecule has 0 saturated carbocycles. The van der Waals surface area contributed by atoms with E-state index in [9.17, 15) is 13.2 Å². The zero-order valence-electron chi connectivity index (χ0n) is 15.0. The van der Waals surface area contributed by atoms with Gasteiger partial charge in [-0.05, 0) is 33.0 Å². The van der Waals surface area contributed by atoms with Gasteiger partial charge in [0.25, 0.3) is 0 Å². The summed E-state index contributed by atoms with van der Waals surface area (Å²) in [6.45, 7) is 3.11. The number of rotatable bonds is 9. The first-order valence-electron chi connectivity index (χ1n) is 8.25. The van der Waals surface area contributed by atoms with Crippen LogP contribution in [0.4, 0.5) is 13.2 Å². The number of alkyl halides is 3. The average molecular weight is 360 g/mol. The molecule has 0 aromatic heterocycles. The van der Waals surface area contributed by atoms with Crippen molar-refractivity contribution in [2.24, 2.45) is 4.99 Å². The average Bonchev–Trinajstić information content (AvgIpc) is 2.55. The molecule has 0 aliphatic carbocycles. The van der Waals surface area contributed by atoms with Crippen LogP contribution in [0, 0.1) is 0 Å². The lowest BCUT2D eigenvalue weighted by molar-refractivity contribution is -0.143. The van der Waals surface area contributed by atoms with E-state index >= 15 is 0 Å². The molecule has 1 aromatic rings. The molecule has 0 spiro atoms.